The minimum Gasteiger partial charge on any atom is -0.495 e. The normalized spacial score (nSPS) is 19.4. The maximum absolute atomic E-state index is 12.9. The quantitative estimate of drug-likeness (QED) is 0.766. The lowest BCUT2D eigenvalue weighted by Crippen LogP contribution is -2.44. The summed E-state index contributed by atoms with van der Waals surface area (Å²) < 4.78 is 33.8. The van der Waals surface area contributed by atoms with E-state index in [1.807, 2.05) is 7.05 Å². The van der Waals surface area contributed by atoms with Crippen molar-refractivity contribution in [1.82, 2.24) is 14.9 Å². The number of nitrogens with one attached hydrogen (secondary N) is 2. The number of sulfonamides is 1. The van der Waals surface area contributed by atoms with Gasteiger partial charge >= 0.3 is 0 Å². The minimum absolute atomic E-state index is 0.0351. The van der Waals surface area contributed by atoms with Gasteiger partial charge in [-0.15, -0.1) is 0 Å². The molecule has 7 nitrogen and oxygen atoms in total. The van der Waals surface area contributed by atoms with Crippen LogP contribution in [0, 0.1) is 0 Å². The fourth-order valence-corrected chi connectivity index (χ4v) is 5.40. The van der Waals surface area contributed by atoms with Crippen LogP contribution in [0.3, 0.4) is 0 Å². The summed E-state index contributed by atoms with van der Waals surface area (Å²) >= 11 is 0. The van der Waals surface area contributed by atoms with Crippen LogP contribution in [0.15, 0.2) is 23.1 Å². The number of ether oxygens (including phenoxy) is 1. The SMILES string of the molecule is CNC1CCN(C(=O)c2ccc(OC)c(S(=O)(=O)NC3CCCC3)c2)CC1. The molecule has 1 aromatic carbocycles. The van der Waals surface area contributed by atoms with Crippen LogP contribution in [0.5, 0.6) is 5.75 Å². The van der Waals surface area contributed by atoms with E-state index in [-0.39, 0.29) is 22.6 Å². The number of piperidine rings is 1. The maximum Gasteiger partial charge on any atom is 0.253 e. The van der Waals surface area contributed by atoms with Crippen LogP contribution in [0.4, 0.5) is 0 Å². The standard InChI is InChI=1S/C19H29N3O4S/c1-20-15-9-11-22(12-10-15)19(23)14-7-8-17(26-2)18(13-14)27(24,25)21-16-5-3-4-6-16/h7-8,13,15-16,20-21H,3-6,9-12H2,1-2H3. The fraction of sp³-hybridized carbons (Fsp3) is 0.632. The number of carbonyl (C=O) groups is 1. The molecule has 150 valence electrons. The van der Waals surface area contributed by atoms with E-state index < -0.39 is 10.0 Å². The number of hydrogen-bond donors (Lipinski definition) is 2. The lowest BCUT2D eigenvalue weighted by atomic mass is 10.0. The molecule has 0 spiro atoms. The summed E-state index contributed by atoms with van der Waals surface area (Å²) in [5, 5.41) is 3.24. The zero-order chi connectivity index (χ0) is 19.4. The lowest BCUT2D eigenvalue weighted by molar-refractivity contribution is 0.0707. The molecule has 0 radical (unpaired) electrons. The van der Waals surface area contributed by atoms with Crippen LogP contribution < -0.4 is 14.8 Å². The van der Waals surface area contributed by atoms with E-state index in [9.17, 15) is 13.2 Å². The van der Waals surface area contributed by atoms with Crippen molar-refractivity contribution in [1.29, 1.82) is 0 Å². The Kier molecular flexibility index (Phi) is 6.39. The molecule has 1 saturated heterocycles. The van der Waals surface area contributed by atoms with Gasteiger partial charge in [-0.05, 0) is 50.9 Å². The number of likely N-dealkylation sites (tertiary alicyclic amines) is 1. The second-order valence-electron chi connectivity index (χ2n) is 7.32. The molecule has 1 amide bonds. The minimum atomic E-state index is -3.74. The van der Waals surface area contributed by atoms with Crippen LogP contribution in [-0.4, -0.2) is 58.6 Å². The van der Waals surface area contributed by atoms with Crippen LogP contribution in [0.25, 0.3) is 0 Å². The third-order valence-corrected chi connectivity index (χ3v) is 7.11. The number of hydrogen-bond acceptors (Lipinski definition) is 5. The van der Waals surface area contributed by atoms with Gasteiger partial charge in [0.25, 0.3) is 5.91 Å². The zero-order valence-electron chi connectivity index (χ0n) is 16.0. The Bertz CT molecular complexity index is 767. The van der Waals surface area contributed by atoms with Crippen molar-refractivity contribution >= 4 is 15.9 Å². The number of rotatable bonds is 6. The van der Waals surface area contributed by atoms with Crippen molar-refractivity contribution in [3.8, 4) is 5.75 Å². The maximum atomic E-state index is 12.9. The van der Waals surface area contributed by atoms with Crippen LogP contribution >= 0.6 is 0 Å². The summed E-state index contributed by atoms with van der Waals surface area (Å²) in [6.45, 7) is 1.33. The predicted molar refractivity (Wildman–Crippen MR) is 104 cm³/mol. The molecule has 0 bridgehead atoms. The molecule has 1 saturated carbocycles. The average Bonchev–Trinajstić information content (AvgIpc) is 3.19. The number of benzene rings is 1. The molecule has 1 aliphatic carbocycles. The summed E-state index contributed by atoms with van der Waals surface area (Å²) in [5.74, 6) is 0.121. The molecule has 2 fully saturated rings. The largest absolute Gasteiger partial charge is 0.495 e. The van der Waals surface area contributed by atoms with Crippen LogP contribution in [0.2, 0.25) is 0 Å². The van der Waals surface area contributed by atoms with E-state index in [0.29, 0.717) is 24.7 Å². The smallest absolute Gasteiger partial charge is 0.253 e. The molecular weight excluding hydrogens is 366 g/mol. The number of carbonyl (C=O) groups excluding carboxylic acids is 1. The summed E-state index contributed by atoms with van der Waals surface area (Å²) in [7, 11) is -0.373. The van der Waals surface area contributed by atoms with Crippen LogP contribution in [0.1, 0.15) is 48.9 Å². The van der Waals surface area contributed by atoms with Crippen molar-refractivity contribution < 1.29 is 17.9 Å². The highest BCUT2D eigenvalue weighted by atomic mass is 32.2. The highest BCUT2D eigenvalue weighted by molar-refractivity contribution is 7.89. The van der Waals surface area contributed by atoms with Gasteiger partial charge in [0.2, 0.25) is 10.0 Å². The first kappa shape index (κ1) is 20.1. The number of nitrogens with zero attached hydrogens (tertiary/aromatic N) is 1. The van der Waals surface area contributed by atoms with Gasteiger partial charge in [0, 0.05) is 30.7 Å². The summed E-state index contributed by atoms with van der Waals surface area (Å²) in [6.07, 6.45) is 5.55. The van der Waals surface area contributed by atoms with E-state index in [2.05, 4.69) is 10.0 Å². The lowest BCUT2D eigenvalue weighted by Gasteiger charge is -2.32. The Morgan fingerprint density at radius 1 is 1.11 bits per heavy atom. The first-order chi connectivity index (χ1) is 12.9. The van der Waals surface area contributed by atoms with Crippen molar-refractivity contribution in [2.75, 3.05) is 27.2 Å². The summed E-state index contributed by atoms with van der Waals surface area (Å²) in [4.78, 5) is 14.7. The second kappa shape index (κ2) is 8.58. The highest BCUT2D eigenvalue weighted by Gasteiger charge is 2.28. The van der Waals surface area contributed by atoms with Crippen molar-refractivity contribution in [2.45, 2.75) is 55.5 Å². The molecule has 0 unspecified atom stereocenters. The Labute approximate surface area is 161 Å². The van der Waals surface area contributed by atoms with Gasteiger partial charge in [0.1, 0.15) is 10.6 Å². The molecule has 27 heavy (non-hydrogen) atoms. The number of amides is 1. The monoisotopic (exact) mass is 395 g/mol. The van der Waals surface area contributed by atoms with Gasteiger partial charge in [-0.3, -0.25) is 4.79 Å². The molecule has 2 aliphatic rings. The molecule has 8 heteroatoms. The third-order valence-electron chi connectivity index (χ3n) is 5.57. The van der Waals surface area contributed by atoms with Gasteiger partial charge < -0.3 is 15.0 Å². The molecule has 0 aromatic heterocycles. The van der Waals surface area contributed by atoms with Gasteiger partial charge in [0.15, 0.2) is 0 Å². The fourth-order valence-electron chi connectivity index (χ4n) is 3.90. The third kappa shape index (κ3) is 4.62. The first-order valence-corrected chi connectivity index (χ1v) is 11.1. The first-order valence-electron chi connectivity index (χ1n) is 9.61. The summed E-state index contributed by atoms with van der Waals surface area (Å²) in [5.41, 5.74) is 0.380. The predicted octanol–water partition coefficient (Wildman–Crippen LogP) is 1.74. The molecule has 1 aliphatic heterocycles. The Hall–Kier alpha value is -1.64. The van der Waals surface area contributed by atoms with E-state index in [4.69, 9.17) is 4.74 Å². The molecule has 0 atom stereocenters. The van der Waals surface area contributed by atoms with E-state index >= 15 is 0 Å². The summed E-state index contributed by atoms with van der Waals surface area (Å²) in [6, 6.07) is 5.04. The van der Waals surface area contributed by atoms with Gasteiger partial charge in [-0.1, -0.05) is 12.8 Å². The van der Waals surface area contributed by atoms with E-state index in [1.54, 1.807) is 17.0 Å². The number of methoxy groups -OCH3 is 1. The Balaban J connectivity index is 1.81. The average molecular weight is 396 g/mol. The van der Waals surface area contributed by atoms with E-state index in [0.717, 1.165) is 38.5 Å². The molecule has 2 N–H and O–H groups in total. The Morgan fingerprint density at radius 2 is 1.78 bits per heavy atom. The van der Waals surface area contributed by atoms with Gasteiger partial charge in [-0.25, -0.2) is 13.1 Å². The van der Waals surface area contributed by atoms with Gasteiger partial charge in [0.05, 0.1) is 7.11 Å². The van der Waals surface area contributed by atoms with Crippen LogP contribution in [-0.2, 0) is 10.0 Å². The molecular formula is C19H29N3O4S. The van der Waals surface area contributed by atoms with Gasteiger partial charge in [-0.2, -0.15) is 0 Å². The molecule has 1 heterocycles. The van der Waals surface area contributed by atoms with Crippen molar-refractivity contribution in [3.63, 3.8) is 0 Å². The second-order valence-corrected chi connectivity index (χ2v) is 9.01. The zero-order valence-corrected chi connectivity index (χ0v) is 16.8. The molecule has 3 rings (SSSR count). The van der Waals surface area contributed by atoms with Crippen molar-refractivity contribution in [3.05, 3.63) is 23.8 Å². The molecule has 1 aromatic rings. The highest BCUT2D eigenvalue weighted by Crippen LogP contribution is 2.28. The topological polar surface area (TPSA) is 87.7 Å². The Morgan fingerprint density at radius 3 is 2.37 bits per heavy atom. The van der Waals surface area contributed by atoms with Crippen molar-refractivity contribution in [2.24, 2.45) is 0 Å². The van der Waals surface area contributed by atoms with E-state index in [1.165, 1.54) is 13.2 Å².